The van der Waals surface area contributed by atoms with Crippen molar-refractivity contribution in [3.8, 4) is 0 Å². The zero-order chi connectivity index (χ0) is 12.4. The number of hydrogen-bond donors (Lipinski definition) is 2. The maximum Gasteiger partial charge on any atom is 0.226 e. The van der Waals surface area contributed by atoms with Gasteiger partial charge in [-0.1, -0.05) is 5.21 Å². The van der Waals surface area contributed by atoms with Crippen molar-refractivity contribution in [2.45, 2.75) is 19.4 Å². The summed E-state index contributed by atoms with van der Waals surface area (Å²) >= 11 is 0. The van der Waals surface area contributed by atoms with E-state index >= 15 is 0 Å². The van der Waals surface area contributed by atoms with Crippen LogP contribution >= 0.6 is 0 Å². The van der Waals surface area contributed by atoms with Gasteiger partial charge in [0.15, 0.2) is 5.82 Å². The van der Waals surface area contributed by atoms with Gasteiger partial charge in [-0.15, -0.1) is 10.2 Å². The predicted molar refractivity (Wildman–Crippen MR) is 56.5 cm³/mol. The number of nitrogens with one attached hydrogen (secondary N) is 2. The van der Waals surface area contributed by atoms with Crippen LogP contribution in [0.25, 0.3) is 0 Å². The molecule has 1 aliphatic rings. The second kappa shape index (κ2) is 4.48. The lowest BCUT2D eigenvalue weighted by atomic mass is 10.1. The Bertz CT molecular complexity index is 417. The van der Waals surface area contributed by atoms with Crippen LogP contribution in [-0.2, 0) is 9.59 Å². The largest absolute Gasteiger partial charge is 0.346 e. The van der Waals surface area contributed by atoms with Gasteiger partial charge in [0.1, 0.15) is 0 Å². The number of aromatic amines is 1. The Balaban J connectivity index is 1.92. The van der Waals surface area contributed by atoms with Crippen molar-refractivity contribution < 1.29 is 9.59 Å². The number of amides is 2. The lowest BCUT2D eigenvalue weighted by Crippen LogP contribution is -2.34. The van der Waals surface area contributed by atoms with Gasteiger partial charge in [0.2, 0.25) is 11.8 Å². The number of carbonyl (C=O) groups is 2. The molecule has 1 aromatic rings. The molecule has 1 fully saturated rings. The van der Waals surface area contributed by atoms with Crippen molar-refractivity contribution in [2.24, 2.45) is 5.92 Å². The fraction of sp³-hybridized carbons (Fsp3) is 0.667. The van der Waals surface area contributed by atoms with E-state index in [0.717, 1.165) is 0 Å². The molecule has 0 aliphatic carbocycles. The highest BCUT2D eigenvalue weighted by atomic mass is 16.2. The van der Waals surface area contributed by atoms with Gasteiger partial charge in [0, 0.05) is 20.0 Å². The third-order valence-electron chi connectivity index (χ3n) is 2.82. The van der Waals surface area contributed by atoms with E-state index in [1.165, 1.54) is 0 Å². The van der Waals surface area contributed by atoms with E-state index in [1.807, 2.05) is 0 Å². The maximum atomic E-state index is 11.9. The van der Waals surface area contributed by atoms with Crippen molar-refractivity contribution in [2.75, 3.05) is 13.6 Å². The van der Waals surface area contributed by atoms with Crippen molar-refractivity contribution in [1.29, 1.82) is 0 Å². The summed E-state index contributed by atoms with van der Waals surface area (Å²) in [4.78, 5) is 24.7. The molecule has 2 heterocycles. The van der Waals surface area contributed by atoms with Gasteiger partial charge in [-0.05, 0) is 6.92 Å². The number of aromatic nitrogens is 4. The van der Waals surface area contributed by atoms with E-state index in [2.05, 4.69) is 25.9 Å². The van der Waals surface area contributed by atoms with Crippen LogP contribution in [0.3, 0.4) is 0 Å². The minimum Gasteiger partial charge on any atom is -0.346 e. The first kappa shape index (κ1) is 11.5. The molecule has 0 radical (unpaired) electrons. The average Bonchev–Trinajstić information content (AvgIpc) is 2.89. The quantitative estimate of drug-likeness (QED) is 0.692. The highest BCUT2D eigenvalue weighted by Gasteiger charge is 2.32. The Hall–Kier alpha value is -1.99. The van der Waals surface area contributed by atoms with Crippen LogP contribution in [-0.4, -0.2) is 50.9 Å². The second-order valence-corrected chi connectivity index (χ2v) is 4.18. The summed E-state index contributed by atoms with van der Waals surface area (Å²) < 4.78 is 0. The molecular formula is C9H14N6O2. The summed E-state index contributed by atoms with van der Waals surface area (Å²) in [6.07, 6.45) is 0.265. The van der Waals surface area contributed by atoms with Crippen molar-refractivity contribution >= 4 is 11.8 Å². The molecule has 0 bridgehead atoms. The first-order chi connectivity index (χ1) is 8.08. The van der Waals surface area contributed by atoms with Crippen LogP contribution in [0.2, 0.25) is 0 Å². The molecule has 1 aromatic heterocycles. The number of nitrogens with zero attached hydrogens (tertiary/aromatic N) is 4. The third-order valence-corrected chi connectivity index (χ3v) is 2.82. The Morgan fingerprint density at radius 3 is 2.94 bits per heavy atom. The molecule has 17 heavy (non-hydrogen) atoms. The molecular weight excluding hydrogens is 224 g/mol. The molecule has 0 saturated carbocycles. The average molecular weight is 238 g/mol. The molecule has 1 aliphatic heterocycles. The molecule has 2 rings (SSSR count). The molecule has 2 N–H and O–H groups in total. The van der Waals surface area contributed by atoms with Gasteiger partial charge in [-0.2, -0.15) is 5.21 Å². The smallest absolute Gasteiger partial charge is 0.226 e. The number of carbonyl (C=O) groups excluding carboxylic acids is 2. The molecule has 2 atom stereocenters. The van der Waals surface area contributed by atoms with E-state index in [9.17, 15) is 9.59 Å². The third kappa shape index (κ3) is 2.40. The minimum atomic E-state index is -0.317. The molecule has 2 amide bonds. The Labute approximate surface area is 97.8 Å². The van der Waals surface area contributed by atoms with E-state index in [4.69, 9.17) is 0 Å². The summed E-state index contributed by atoms with van der Waals surface area (Å²) in [7, 11) is 1.69. The Kier molecular flexibility index (Phi) is 3.03. The summed E-state index contributed by atoms with van der Waals surface area (Å²) in [6, 6.07) is -0.317. The Morgan fingerprint density at radius 2 is 2.41 bits per heavy atom. The highest BCUT2D eigenvalue weighted by Crippen LogP contribution is 2.17. The van der Waals surface area contributed by atoms with Gasteiger partial charge >= 0.3 is 0 Å². The lowest BCUT2D eigenvalue weighted by Gasteiger charge is -2.14. The van der Waals surface area contributed by atoms with Gasteiger partial charge in [0.25, 0.3) is 0 Å². The monoisotopic (exact) mass is 238 g/mol. The number of hydrogen-bond acceptors (Lipinski definition) is 5. The molecule has 92 valence electrons. The van der Waals surface area contributed by atoms with Crippen LogP contribution in [0, 0.1) is 5.92 Å². The summed E-state index contributed by atoms with van der Waals surface area (Å²) in [5.41, 5.74) is 0. The summed E-state index contributed by atoms with van der Waals surface area (Å²) in [5, 5.41) is 16.1. The van der Waals surface area contributed by atoms with E-state index in [1.54, 1.807) is 18.9 Å². The van der Waals surface area contributed by atoms with Crippen LogP contribution in [0.5, 0.6) is 0 Å². The standard InChI is InChI=1S/C9H14N6O2/c1-5(8-11-13-14-12-8)10-9(17)6-3-7(16)15(2)4-6/h5-6H,3-4H2,1-2H3,(H,10,17)(H,11,12,13,14). The fourth-order valence-corrected chi connectivity index (χ4v) is 1.79. The first-order valence-electron chi connectivity index (χ1n) is 5.35. The molecule has 0 spiro atoms. The first-order valence-corrected chi connectivity index (χ1v) is 5.35. The van der Waals surface area contributed by atoms with Gasteiger partial charge in [-0.25, -0.2) is 0 Å². The van der Waals surface area contributed by atoms with Crippen LogP contribution in [0.15, 0.2) is 0 Å². The summed E-state index contributed by atoms with van der Waals surface area (Å²) in [5.74, 6) is -0.0183. The predicted octanol–water partition coefficient (Wildman–Crippen LogP) is -1.14. The SMILES string of the molecule is CC(NC(=O)C1CC(=O)N(C)C1)c1nn[nH]n1. The molecule has 1 saturated heterocycles. The fourth-order valence-electron chi connectivity index (χ4n) is 1.79. The van der Waals surface area contributed by atoms with Crippen LogP contribution in [0.1, 0.15) is 25.2 Å². The van der Waals surface area contributed by atoms with Crippen molar-refractivity contribution in [3.63, 3.8) is 0 Å². The van der Waals surface area contributed by atoms with E-state index in [-0.39, 0.29) is 30.2 Å². The van der Waals surface area contributed by atoms with Crippen molar-refractivity contribution in [1.82, 2.24) is 30.8 Å². The summed E-state index contributed by atoms with van der Waals surface area (Å²) in [6.45, 7) is 2.23. The highest BCUT2D eigenvalue weighted by molar-refractivity contribution is 5.89. The normalized spacial score (nSPS) is 21.6. The number of H-pyrrole nitrogens is 1. The van der Waals surface area contributed by atoms with Crippen molar-refractivity contribution in [3.05, 3.63) is 5.82 Å². The molecule has 0 aromatic carbocycles. The van der Waals surface area contributed by atoms with Crippen LogP contribution in [0.4, 0.5) is 0 Å². The number of likely N-dealkylation sites (tertiary alicyclic amines) is 1. The Morgan fingerprint density at radius 1 is 1.65 bits per heavy atom. The lowest BCUT2D eigenvalue weighted by molar-refractivity contribution is -0.128. The zero-order valence-corrected chi connectivity index (χ0v) is 9.67. The number of rotatable bonds is 3. The van der Waals surface area contributed by atoms with Gasteiger partial charge in [-0.3, -0.25) is 9.59 Å². The number of tetrazole rings is 1. The van der Waals surface area contributed by atoms with E-state index < -0.39 is 0 Å². The minimum absolute atomic E-state index is 0.00244. The zero-order valence-electron chi connectivity index (χ0n) is 9.67. The van der Waals surface area contributed by atoms with Gasteiger partial charge in [0.05, 0.1) is 12.0 Å². The van der Waals surface area contributed by atoms with Gasteiger partial charge < -0.3 is 10.2 Å². The second-order valence-electron chi connectivity index (χ2n) is 4.18. The van der Waals surface area contributed by atoms with E-state index in [0.29, 0.717) is 12.4 Å². The molecule has 8 nitrogen and oxygen atoms in total. The van der Waals surface area contributed by atoms with Crippen LogP contribution < -0.4 is 5.32 Å². The molecule has 2 unspecified atom stereocenters. The molecule has 8 heteroatoms. The topological polar surface area (TPSA) is 104 Å². The maximum absolute atomic E-state index is 11.9.